The molecule has 5 nitrogen and oxygen atoms in total. The highest BCUT2D eigenvalue weighted by Gasteiger charge is 2.31. The molecule has 1 unspecified atom stereocenters. The molecule has 1 atom stereocenters. The van der Waals surface area contributed by atoms with Crippen molar-refractivity contribution in [2.45, 2.75) is 25.9 Å². The molecule has 1 aromatic carbocycles. The summed E-state index contributed by atoms with van der Waals surface area (Å²) in [5, 5.41) is 12.7. The lowest BCUT2D eigenvalue weighted by Crippen LogP contribution is -2.35. The first-order valence-electron chi connectivity index (χ1n) is 6.96. The first kappa shape index (κ1) is 14.8. The van der Waals surface area contributed by atoms with Crippen molar-refractivity contribution >= 4 is 11.6 Å². The van der Waals surface area contributed by atoms with E-state index in [9.17, 15) is 9.90 Å². The van der Waals surface area contributed by atoms with Crippen LogP contribution in [0.2, 0.25) is 0 Å². The first-order valence-corrected chi connectivity index (χ1v) is 6.96. The van der Waals surface area contributed by atoms with Crippen molar-refractivity contribution in [3.05, 3.63) is 24.3 Å². The summed E-state index contributed by atoms with van der Waals surface area (Å²) in [7, 11) is 0. The van der Waals surface area contributed by atoms with E-state index < -0.39 is 5.60 Å². The molecule has 0 aliphatic carbocycles. The maximum atomic E-state index is 11.9. The van der Waals surface area contributed by atoms with Crippen molar-refractivity contribution in [2.75, 3.05) is 31.6 Å². The number of nitrogens with zero attached hydrogens (tertiary/aromatic N) is 1. The summed E-state index contributed by atoms with van der Waals surface area (Å²) in [6.45, 7) is 5.97. The highest BCUT2D eigenvalue weighted by atomic mass is 16.5. The standard InChI is InChI=1S/C15H22N2O3/c1-3-20-13-6-4-12(5-7-13)16-14(18)10-17-9-8-15(2,19)11-17/h4-7,19H,3,8-11H2,1-2H3,(H,16,18). The molecule has 1 amide bonds. The van der Waals surface area contributed by atoms with Crippen LogP contribution in [0.1, 0.15) is 20.3 Å². The summed E-state index contributed by atoms with van der Waals surface area (Å²) in [4.78, 5) is 13.9. The largest absolute Gasteiger partial charge is 0.494 e. The molecule has 1 aromatic rings. The van der Waals surface area contributed by atoms with Gasteiger partial charge in [-0.05, 0) is 44.5 Å². The van der Waals surface area contributed by atoms with E-state index in [1.54, 1.807) is 6.92 Å². The molecule has 1 saturated heterocycles. The van der Waals surface area contributed by atoms with Gasteiger partial charge in [0.2, 0.25) is 5.91 Å². The zero-order chi connectivity index (χ0) is 14.6. The molecule has 1 heterocycles. The topological polar surface area (TPSA) is 61.8 Å². The lowest BCUT2D eigenvalue weighted by Gasteiger charge is -2.18. The third-order valence-corrected chi connectivity index (χ3v) is 3.35. The lowest BCUT2D eigenvalue weighted by atomic mass is 10.1. The molecule has 5 heteroatoms. The third-order valence-electron chi connectivity index (χ3n) is 3.35. The minimum atomic E-state index is -0.667. The predicted octanol–water partition coefficient (Wildman–Crippen LogP) is 1.48. The average molecular weight is 278 g/mol. The number of nitrogens with one attached hydrogen (secondary N) is 1. The normalized spacial score (nSPS) is 22.8. The van der Waals surface area contributed by atoms with Gasteiger partial charge in [0.1, 0.15) is 5.75 Å². The SMILES string of the molecule is CCOc1ccc(NC(=O)CN2CCC(C)(O)C2)cc1. The van der Waals surface area contributed by atoms with Gasteiger partial charge in [-0.3, -0.25) is 9.69 Å². The Hall–Kier alpha value is -1.59. The number of carbonyl (C=O) groups excluding carboxylic acids is 1. The number of anilines is 1. The molecule has 1 fully saturated rings. The number of carbonyl (C=O) groups is 1. The molecule has 20 heavy (non-hydrogen) atoms. The van der Waals surface area contributed by atoms with Crippen LogP contribution in [0.15, 0.2) is 24.3 Å². The quantitative estimate of drug-likeness (QED) is 0.856. The lowest BCUT2D eigenvalue weighted by molar-refractivity contribution is -0.117. The van der Waals surface area contributed by atoms with Crippen molar-refractivity contribution in [3.63, 3.8) is 0 Å². The maximum absolute atomic E-state index is 11.9. The zero-order valence-electron chi connectivity index (χ0n) is 12.1. The van der Waals surface area contributed by atoms with Crippen molar-refractivity contribution in [2.24, 2.45) is 0 Å². The Morgan fingerprint density at radius 1 is 1.45 bits per heavy atom. The van der Waals surface area contributed by atoms with Gasteiger partial charge in [0.25, 0.3) is 0 Å². The fourth-order valence-electron chi connectivity index (χ4n) is 2.38. The predicted molar refractivity (Wildman–Crippen MR) is 77.9 cm³/mol. The van der Waals surface area contributed by atoms with Crippen LogP contribution in [0.4, 0.5) is 5.69 Å². The summed E-state index contributed by atoms with van der Waals surface area (Å²) >= 11 is 0. The highest BCUT2D eigenvalue weighted by Crippen LogP contribution is 2.20. The van der Waals surface area contributed by atoms with Gasteiger partial charge in [0, 0.05) is 18.8 Å². The molecule has 110 valence electrons. The Bertz CT molecular complexity index is 457. The molecule has 0 saturated carbocycles. The summed E-state index contributed by atoms with van der Waals surface area (Å²) in [6, 6.07) is 7.31. The van der Waals surface area contributed by atoms with Crippen molar-refractivity contribution < 1.29 is 14.6 Å². The van der Waals surface area contributed by atoms with Gasteiger partial charge in [-0.2, -0.15) is 0 Å². The van der Waals surface area contributed by atoms with E-state index in [0.717, 1.165) is 18.0 Å². The number of ether oxygens (including phenoxy) is 1. The second-order valence-corrected chi connectivity index (χ2v) is 5.46. The van der Waals surface area contributed by atoms with Crippen LogP contribution < -0.4 is 10.1 Å². The molecule has 1 aliphatic rings. The van der Waals surface area contributed by atoms with Crippen LogP contribution in [-0.2, 0) is 4.79 Å². The van der Waals surface area contributed by atoms with Gasteiger partial charge in [-0.25, -0.2) is 0 Å². The summed E-state index contributed by atoms with van der Waals surface area (Å²) in [6.07, 6.45) is 0.712. The number of likely N-dealkylation sites (tertiary alicyclic amines) is 1. The van der Waals surface area contributed by atoms with Crippen LogP contribution in [-0.4, -0.2) is 47.8 Å². The smallest absolute Gasteiger partial charge is 0.238 e. The first-order chi connectivity index (χ1) is 9.48. The Kier molecular flexibility index (Phi) is 4.62. The number of hydrogen-bond acceptors (Lipinski definition) is 4. The number of rotatable bonds is 5. The van der Waals surface area contributed by atoms with E-state index in [1.165, 1.54) is 0 Å². The van der Waals surface area contributed by atoms with E-state index in [4.69, 9.17) is 4.74 Å². The molecule has 2 N–H and O–H groups in total. The van der Waals surface area contributed by atoms with E-state index in [2.05, 4.69) is 5.32 Å². The van der Waals surface area contributed by atoms with E-state index in [-0.39, 0.29) is 5.91 Å². The second kappa shape index (κ2) is 6.24. The highest BCUT2D eigenvalue weighted by molar-refractivity contribution is 5.92. The van der Waals surface area contributed by atoms with Gasteiger partial charge >= 0.3 is 0 Å². The fourth-order valence-corrected chi connectivity index (χ4v) is 2.38. The Balaban J connectivity index is 1.82. The summed E-state index contributed by atoms with van der Waals surface area (Å²) in [5.41, 5.74) is 0.0868. The van der Waals surface area contributed by atoms with Gasteiger partial charge in [-0.15, -0.1) is 0 Å². The number of aliphatic hydroxyl groups is 1. The van der Waals surface area contributed by atoms with Crippen LogP contribution in [0.3, 0.4) is 0 Å². The molecule has 0 radical (unpaired) electrons. The van der Waals surface area contributed by atoms with Crippen LogP contribution >= 0.6 is 0 Å². The number of hydrogen-bond donors (Lipinski definition) is 2. The molecule has 0 aromatic heterocycles. The monoisotopic (exact) mass is 278 g/mol. The molecule has 0 bridgehead atoms. The van der Waals surface area contributed by atoms with Gasteiger partial charge in [0.15, 0.2) is 0 Å². The number of β-amino-alcohol motifs (C(OH)–C–C–N with tert-alkyl or cyclic N) is 1. The molecule has 0 spiro atoms. The Morgan fingerprint density at radius 3 is 2.70 bits per heavy atom. The van der Waals surface area contributed by atoms with E-state index in [1.807, 2.05) is 36.1 Å². The molecule has 2 rings (SSSR count). The second-order valence-electron chi connectivity index (χ2n) is 5.46. The van der Waals surface area contributed by atoms with E-state index >= 15 is 0 Å². The van der Waals surface area contributed by atoms with Gasteiger partial charge in [0.05, 0.1) is 18.8 Å². The van der Waals surface area contributed by atoms with Gasteiger partial charge < -0.3 is 15.2 Å². The van der Waals surface area contributed by atoms with Crippen LogP contribution in [0.5, 0.6) is 5.75 Å². The van der Waals surface area contributed by atoms with Gasteiger partial charge in [-0.1, -0.05) is 0 Å². The minimum absolute atomic E-state index is 0.0631. The van der Waals surface area contributed by atoms with Crippen LogP contribution in [0.25, 0.3) is 0 Å². The van der Waals surface area contributed by atoms with Crippen molar-refractivity contribution in [1.29, 1.82) is 0 Å². The maximum Gasteiger partial charge on any atom is 0.238 e. The van der Waals surface area contributed by atoms with Crippen LogP contribution in [0, 0.1) is 0 Å². The summed E-state index contributed by atoms with van der Waals surface area (Å²) in [5.74, 6) is 0.730. The minimum Gasteiger partial charge on any atom is -0.494 e. The molecular formula is C15H22N2O3. The number of amides is 1. The summed E-state index contributed by atoms with van der Waals surface area (Å²) < 4.78 is 5.35. The number of benzene rings is 1. The third kappa shape index (κ3) is 4.21. The van der Waals surface area contributed by atoms with Crippen molar-refractivity contribution in [3.8, 4) is 5.75 Å². The Labute approximate surface area is 119 Å². The molecule has 1 aliphatic heterocycles. The Morgan fingerprint density at radius 2 is 2.15 bits per heavy atom. The fraction of sp³-hybridized carbons (Fsp3) is 0.533. The van der Waals surface area contributed by atoms with E-state index in [0.29, 0.717) is 26.1 Å². The zero-order valence-corrected chi connectivity index (χ0v) is 12.1. The molecular weight excluding hydrogens is 256 g/mol. The van der Waals surface area contributed by atoms with Crippen molar-refractivity contribution in [1.82, 2.24) is 4.90 Å². The average Bonchev–Trinajstić information content (AvgIpc) is 2.71.